The summed E-state index contributed by atoms with van der Waals surface area (Å²) in [6, 6.07) is 36.4. The Hall–Kier alpha value is -3.35. The first-order valence-corrected chi connectivity index (χ1v) is 14.2. The second-order valence-corrected chi connectivity index (χ2v) is 10.9. The van der Waals surface area contributed by atoms with E-state index in [9.17, 15) is 4.79 Å². The van der Waals surface area contributed by atoms with Gasteiger partial charge in [0.2, 0.25) is 0 Å². The van der Waals surface area contributed by atoms with Crippen LogP contribution in [0.3, 0.4) is 0 Å². The maximum absolute atomic E-state index is 13.8. The highest BCUT2D eigenvalue weighted by atomic mass is 79.9. The summed E-state index contributed by atoms with van der Waals surface area (Å²) in [6.07, 6.45) is 0.596. The predicted molar refractivity (Wildman–Crippen MR) is 161 cm³/mol. The molecule has 6 heteroatoms. The lowest BCUT2D eigenvalue weighted by Gasteiger charge is -2.46. The SMILES string of the molecule is CCOC(=O)C1=C(Nc2ccccc2)C[C@@H](c2cccc(Br)c2)N(c2ccccc2)[C@@H]1c1cccc(Br)c1. The van der Waals surface area contributed by atoms with Crippen molar-refractivity contribution >= 4 is 49.2 Å². The number of carbonyl (C=O) groups is 1. The Labute approximate surface area is 240 Å². The van der Waals surface area contributed by atoms with E-state index in [2.05, 4.69) is 84.5 Å². The van der Waals surface area contributed by atoms with Crippen molar-refractivity contribution in [2.75, 3.05) is 16.8 Å². The number of hydrogen-bond acceptors (Lipinski definition) is 4. The molecule has 192 valence electrons. The molecule has 0 saturated carbocycles. The molecule has 0 bridgehead atoms. The number of para-hydroxylation sites is 2. The fraction of sp³-hybridized carbons (Fsp3) is 0.156. The molecule has 1 aliphatic rings. The smallest absolute Gasteiger partial charge is 0.338 e. The zero-order valence-electron chi connectivity index (χ0n) is 21.0. The number of carbonyl (C=O) groups excluding carboxylic acids is 1. The minimum Gasteiger partial charge on any atom is -0.463 e. The van der Waals surface area contributed by atoms with E-state index in [1.807, 2.05) is 73.7 Å². The molecule has 1 N–H and O–H groups in total. The molecule has 0 radical (unpaired) electrons. The fourth-order valence-electron chi connectivity index (χ4n) is 5.07. The molecule has 1 aliphatic heterocycles. The van der Waals surface area contributed by atoms with E-state index in [-0.39, 0.29) is 12.0 Å². The highest BCUT2D eigenvalue weighted by Gasteiger charge is 2.41. The second-order valence-electron chi connectivity index (χ2n) is 9.08. The van der Waals surface area contributed by atoms with Crippen molar-refractivity contribution in [2.45, 2.75) is 25.4 Å². The summed E-state index contributed by atoms with van der Waals surface area (Å²) in [5.74, 6) is -0.315. The van der Waals surface area contributed by atoms with Gasteiger partial charge in [-0.2, -0.15) is 0 Å². The van der Waals surface area contributed by atoms with Crippen LogP contribution in [0.15, 0.2) is 129 Å². The molecule has 2 atom stereocenters. The van der Waals surface area contributed by atoms with Crippen LogP contribution in [0.25, 0.3) is 0 Å². The van der Waals surface area contributed by atoms with Crippen molar-refractivity contribution < 1.29 is 9.53 Å². The topological polar surface area (TPSA) is 41.6 Å². The van der Waals surface area contributed by atoms with Crippen molar-refractivity contribution in [3.8, 4) is 0 Å². The Balaban J connectivity index is 1.79. The lowest BCUT2D eigenvalue weighted by atomic mass is 9.84. The van der Waals surface area contributed by atoms with Crippen LogP contribution in [0, 0.1) is 0 Å². The van der Waals surface area contributed by atoms with Gasteiger partial charge in [0.1, 0.15) is 0 Å². The molecule has 5 rings (SSSR count). The summed E-state index contributed by atoms with van der Waals surface area (Å²) in [4.78, 5) is 16.1. The molecule has 0 aliphatic carbocycles. The van der Waals surface area contributed by atoms with E-state index in [1.54, 1.807) is 0 Å². The maximum Gasteiger partial charge on any atom is 0.338 e. The van der Waals surface area contributed by atoms with Gasteiger partial charge in [0.25, 0.3) is 0 Å². The van der Waals surface area contributed by atoms with Gasteiger partial charge in [-0.1, -0.05) is 92.5 Å². The average molecular weight is 632 g/mol. The van der Waals surface area contributed by atoms with Crippen molar-refractivity contribution in [2.24, 2.45) is 0 Å². The van der Waals surface area contributed by atoms with E-state index in [0.29, 0.717) is 18.6 Å². The Kier molecular flexibility index (Phi) is 8.30. The van der Waals surface area contributed by atoms with Gasteiger partial charge in [0.15, 0.2) is 0 Å². The first kappa shape index (κ1) is 26.3. The third-order valence-corrected chi connectivity index (χ3v) is 7.61. The van der Waals surface area contributed by atoms with Crippen LogP contribution >= 0.6 is 31.9 Å². The van der Waals surface area contributed by atoms with E-state index < -0.39 is 6.04 Å². The Morgan fingerprint density at radius 1 is 0.842 bits per heavy atom. The molecule has 1 heterocycles. The third kappa shape index (κ3) is 5.71. The zero-order chi connectivity index (χ0) is 26.5. The quantitative estimate of drug-likeness (QED) is 0.207. The molecule has 0 fully saturated rings. The van der Waals surface area contributed by atoms with Crippen LogP contribution < -0.4 is 10.2 Å². The molecule has 0 aromatic heterocycles. The van der Waals surface area contributed by atoms with Gasteiger partial charge in [0.05, 0.1) is 24.3 Å². The van der Waals surface area contributed by atoms with E-state index in [0.717, 1.165) is 37.1 Å². The van der Waals surface area contributed by atoms with Gasteiger partial charge in [-0.15, -0.1) is 0 Å². The number of ether oxygens (including phenoxy) is 1. The number of anilines is 2. The Morgan fingerprint density at radius 3 is 2.08 bits per heavy atom. The molecule has 38 heavy (non-hydrogen) atoms. The largest absolute Gasteiger partial charge is 0.463 e. The van der Waals surface area contributed by atoms with E-state index >= 15 is 0 Å². The van der Waals surface area contributed by atoms with Gasteiger partial charge in [-0.3, -0.25) is 0 Å². The molecule has 4 aromatic rings. The molecule has 0 spiro atoms. The standard InChI is InChI=1S/C32H28Br2N2O2/c1-2-38-32(37)30-28(35-26-15-5-3-6-16-26)21-29(22-11-9-13-24(33)19-22)36(27-17-7-4-8-18-27)31(30)23-12-10-14-25(34)20-23/h3-20,29,31,35H,2,21H2,1H3/t29-,31+/m0/s1. The first-order valence-electron chi connectivity index (χ1n) is 12.6. The minimum absolute atomic E-state index is 0.0525. The number of hydrogen-bond donors (Lipinski definition) is 1. The van der Waals surface area contributed by atoms with E-state index in [1.165, 1.54) is 0 Å². The highest BCUT2D eigenvalue weighted by molar-refractivity contribution is 9.10. The molecular formula is C32H28Br2N2O2. The van der Waals surface area contributed by atoms with Crippen LogP contribution in [0.5, 0.6) is 0 Å². The lowest BCUT2D eigenvalue weighted by molar-refractivity contribution is -0.139. The summed E-state index contributed by atoms with van der Waals surface area (Å²) in [5.41, 5.74) is 5.58. The lowest BCUT2D eigenvalue weighted by Crippen LogP contribution is -2.41. The van der Waals surface area contributed by atoms with Gasteiger partial charge >= 0.3 is 5.97 Å². The summed E-state index contributed by atoms with van der Waals surface area (Å²) in [7, 11) is 0. The molecule has 4 nitrogen and oxygen atoms in total. The van der Waals surface area contributed by atoms with Crippen molar-refractivity contribution in [3.05, 3.63) is 141 Å². The van der Waals surface area contributed by atoms with Gasteiger partial charge < -0.3 is 15.0 Å². The van der Waals surface area contributed by atoms with Crippen molar-refractivity contribution in [3.63, 3.8) is 0 Å². The first-order chi connectivity index (χ1) is 18.5. The normalized spacial score (nSPS) is 17.3. The molecule has 4 aromatic carbocycles. The molecule has 0 amide bonds. The third-order valence-electron chi connectivity index (χ3n) is 6.63. The summed E-state index contributed by atoms with van der Waals surface area (Å²) in [5, 5.41) is 3.60. The monoisotopic (exact) mass is 630 g/mol. The number of halogens is 2. The van der Waals surface area contributed by atoms with Crippen LogP contribution in [-0.4, -0.2) is 12.6 Å². The van der Waals surface area contributed by atoms with Gasteiger partial charge in [-0.05, 0) is 66.6 Å². The Bertz CT molecular complexity index is 1440. The van der Waals surface area contributed by atoms with E-state index in [4.69, 9.17) is 4.74 Å². The summed E-state index contributed by atoms with van der Waals surface area (Å²) >= 11 is 7.33. The highest BCUT2D eigenvalue weighted by Crippen LogP contribution is 2.48. The molecule has 0 saturated heterocycles. The number of rotatable bonds is 7. The summed E-state index contributed by atoms with van der Waals surface area (Å²) in [6.45, 7) is 2.14. The van der Waals surface area contributed by atoms with Crippen LogP contribution in [0.2, 0.25) is 0 Å². The second kappa shape index (κ2) is 12.0. The number of benzene rings is 4. The van der Waals surface area contributed by atoms with Crippen molar-refractivity contribution in [1.29, 1.82) is 0 Å². The number of nitrogens with one attached hydrogen (secondary N) is 1. The number of esters is 1. The molecule has 0 unspecified atom stereocenters. The van der Waals surface area contributed by atoms with Gasteiger partial charge in [-0.25, -0.2) is 4.79 Å². The maximum atomic E-state index is 13.8. The summed E-state index contributed by atoms with van der Waals surface area (Å²) < 4.78 is 7.66. The average Bonchev–Trinajstić information content (AvgIpc) is 2.93. The van der Waals surface area contributed by atoms with Gasteiger partial charge in [0, 0.05) is 32.4 Å². The fourth-order valence-corrected chi connectivity index (χ4v) is 5.90. The predicted octanol–water partition coefficient (Wildman–Crippen LogP) is 8.83. The zero-order valence-corrected chi connectivity index (χ0v) is 24.2. The van der Waals surface area contributed by atoms with Crippen LogP contribution in [0.1, 0.15) is 36.6 Å². The molecular weight excluding hydrogens is 604 g/mol. The number of nitrogens with zero attached hydrogens (tertiary/aromatic N) is 1. The Morgan fingerprint density at radius 2 is 1.45 bits per heavy atom. The van der Waals surface area contributed by atoms with Crippen LogP contribution in [0.4, 0.5) is 11.4 Å². The minimum atomic E-state index is -0.391. The van der Waals surface area contributed by atoms with Crippen molar-refractivity contribution in [1.82, 2.24) is 0 Å². The van der Waals surface area contributed by atoms with Crippen LogP contribution in [-0.2, 0) is 9.53 Å².